The van der Waals surface area contributed by atoms with Gasteiger partial charge in [-0.3, -0.25) is 4.79 Å². The van der Waals surface area contributed by atoms with E-state index in [9.17, 15) is 9.59 Å². The number of carbonyl (C=O) groups is 2. The van der Waals surface area contributed by atoms with E-state index in [1.807, 2.05) is 0 Å². The molecule has 0 aliphatic rings. The Labute approximate surface area is 109 Å². The zero-order valence-corrected chi connectivity index (χ0v) is 11.0. The number of nitrogens with one attached hydrogen (secondary N) is 1. The Hall–Kier alpha value is -1.82. The summed E-state index contributed by atoms with van der Waals surface area (Å²) in [5, 5.41) is 13.1. The molecule has 5 nitrogen and oxygen atoms in total. The van der Waals surface area contributed by atoms with Gasteiger partial charge in [0.05, 0.1) is 12.0 Å². The number of allylic oxidation sites excluding steroid dienone is 1. The van der Waals surface area contributed by atoms with E-state index in [1.165, 1.54) is 18.4 Å². The third-order valence-corrected chi connectivity index (χ3v) is 3.15. The summed E-state index contributed by atoms with van der Waals surface area (Å²) in [5.41, 5.74) is 0. The van der Waals surface area contributed by atoms with E-state index >= 15 is 0 Å². The smallest absolute Gasteiger partial charge is 0.326 e. The monoisotopic (exact) mass is 269 g/mol. The molecular weight excluding hydrogens is 254 g/mol. The van der Waals surface area contributed by atoms with Crippen molar-refractivity contribution in [1.82, 2.24) is 5.32 Å². The van der Waals surface area contributed by atoms with E-state index in [4.69, 9.17) is 9.84 Å². The van der Waals surface area contributed by atoms with Gasteiger partial charge in [0.25, 0.3) is 5.91 Å². The number of carbonyl (C=O) groups excluding carboxylic acids is 1. The zero-order valence-electron chi connectivity index (χ0n) is 10.2. The minimum atomic E-state index is -1.05. The van der Waals surface area contributed by atoms with Crippen molar-refractivity contribution < 1.29 is 19.4 Å². The summed E-state index contributed by atoms with van der Waals surface area (Å²) < 4.78 is 4.97. The summed E-state index contributed by atoms with van der Waals surface area (Å²) in [4.78, 5) is 23.2. The van der Waals surface area contributed by atoms with Crippen LogP contribution in [-0.2, 0) is 4.79 Å². The van der Waals surface area contributed by atoms with Gasteiger partial charge in [0.2, 0.25) is 0 Å². The Kier molecular flexibility index (Phi) is 5.38. The summed E-state index contributed by atoms with van der Waals surface area (Å²) in [6, 6.07) is 0.663. The summed E-state index contributed by atoms with van der Waals surface area (Å²) >= 11 is 1.21. The quantitative estimate of drug-likeness (QED) is 0.773. The fraction of sp³-hybridized carbons (Fsp3) is 0.333. The van der Waals surface area contributed by atoms with Gasteiger partial charge in [-0.05, 0) is 13.3 Å². The molecular formula is C12H15NO4S. The van der Waals surface area contributed by atoms with E-state index < -0.39 is 17.9 Å². The van der Waals surface area contributed by atoms with Crippen molar-refractivity contribution in [3.63, 3.8) is 0 Å². The van der Waals surface area contributed by atoms with Gasteiger partial charge in [-0.1, -0.05) is 12.2 Å². The number of methoxy groups -OCH3 is 1. The topological polar surface area (TPSA) is 75.6 Å². The summed E-state index contributed by atoms with van der Waals surface area (Å²) in [7, 11) is 1.51. The average Bonchev–Trinajstić information content (AvgIpc) is 2.82. The van der Waals surface area contributed by atoms with Crippen molar-refractivity contribution in [1.29, 1.82) is 0 Å². The van der Waals surface area contributed by atoms with Crippen LogP contribution in [0.4, 0.5) is 0 Å². The van der Waals surface area contributed by atoms with Crippen LogP contribution in [0.3, 0.4) is 0 Å². The Morgan fingerprint density at radius 1 is 1.61 bits per heavy atom. The van der Waals surface area contributed by atoms with Gasteiger partial charge >= 0.3 is 5.97 Å². The number of hydrogen-bond acceptors (Lipinski definition) is 4. The van der Waals surface area contributed by atoms with Crippen molar-refractivity contribution >= 4 is 23.2 Å². The van der Waals surface area contributed by atoms with Gasteiger partial charge in [-0.15, -0.1) is 11.3 Å². The highest BCUT2D eigenvalue weighted by Gasteiger charge is 2.20. The average molecular weight is 269 g/mol. The van der Waals surface area contributed by atoms with Crippen LogP contribution in [-0.4, -0.2) is 30.1 Å². The fourth-order valence-electron chi connectivity index (χ4n) is 1.27. The molecule has 1 aromatic rings. The van der Waals surface area contributed by atoms with Gasteiger partial charge in [0.1, 0.15) is 11.8 Å². The summed E-state index contributed by atoms with van der Waals surface area (Å²) in [6.45, 7) is 1.80. The molecule has 0 spiro atoms. The number of carboxylic acids is 1. The molecule has 0 aromatic carbocycles. The Bertz CT molecular complexity index is 453. The maximum atomic E-state index is 11.8. The van der Waals surface area contributed by atoms with Crippen molar-refractivity contribution in [2.75, 3.05) is 7.11 Å². The molecule has 0 radical (unpaired) electrons. The molecule has 1 unspecified atom stereocenters. The largest absolute Gasteiger partial charge is 0.496 e. The number of aliphatic carboxylic acids is 1. The highest BCUT2D eigenvalue weighted by molar-refractivity contribution is 7.12. The second-order valence-electron chi connectivity index (χ2n) is 3.52. The van der Waals surface area contributed by atoms with Gasteiger partial charge in [-0.2, -0.15) is 0 Å². The Morgan fingerprint density at radius 2 is 2.33 bits per heavy atom. The van der Waals surface area contributed by atoms with Gasteiger partial charge in [0.15, 0.2) is 0 Å². The lowest BCUT2D eigenvalue weighted by Crippen LogP contribution is -2.40. The van der Waals surface area contributed by atoms with Crippen molar-refractivity contribution in [2.45, 2.75) is 19.4 Å². The van der Waals surface area contributed by atoms with E-state index in [0.29, 0.717) is 10.6 Å². The molecule has 0 saturated carbocycles. The lowest BCUT2D eigenvalue weighted by atomic mass is 10.2. The first-order chi connectivity index (χ1) is 8.58. The first-order valence-corrected chi connectivity index (χ1v) is 6.23. The third-order valence-electron chi connectivity index (χ3n) is 2.25. The third kappa shape index (κ3) is 3.89. The maximum Gasteiger partial charge on any atom is 0.326 e. The van der Waals surface area contributed by atoms with Crippen LogP contribution in [0.2, 0.25) is 0 Å². The molecule has 0 bridgehead atoms. The second kappa shape index (κ2) is 6.80. The normalized spacial score (nSPS) is 12.3. The lowest BCUT2D eigenvalue weighted by molar-refractivity contribution is -0.139. The van der Waals surface area contributed by atoms with E-state index in [0.717, 1.165) is 0 Å². The van der Waals surface area contributed by atoms with Crippen LogP contribution in [0, 0.1) is 0 Å². The van der Waals surface area contributed by atoms with Crippen molar-refractivity contribution in [2.24, 2.45) is 0 Å². The SMILES string of the molecule is C/C=C/CC(NC(=O)c1cc(OC)cs1)C(=O)O. The van der Waals surface area contributed by atoms with Crippen molar-refractivity contribution in [3.8, 4) is 5.75 Å². The second-order valence-corrected chi connectivity index (χ2v) is 4.43. The molecule has 1 amide bonds. The minimum absolute atomic E-state index is 0.264. The van der Waals surface area contributed by atoms with E-state index in [-0.39, 0.29) is 6.42 Å². The first-order valence-electron chi connectivity index (χ1n) is 5.35. The van der Waals surface area contributed by atoms with E-state index in [1.54, 1.807) is 30.5 Å². The van der Waals surface area contributed by atoms with Crippen molar-refractivity contribution in [3.05, 3.63) is 28.5 Å². The first kappa shape index (κ1) is 14.2. The Morgan fingerprint density at radius 3 is 2.83 bits per heavy atom. The molecule has 0 saturated heterocycles. The summed E-state index contributed by atoms with van der Waals surface area (Å²) in [5.74, 6) is -0.865. The van der Waals surface area contributed by atoms with E-state index in [2.05, 4.69) is 5.32 Å². The summed E-state index contributed by atoms with van der Waals surface area (Å²) in [6.07, 6.45) is 3.71. The van der Waals surface area contributed by atoms with Crippen LogP contribution in [0.5, 0.6) is 5.75 Å². The van der Waals surface area contributed by atoms with Gasteiger partial charge in [-0.25, -0.2) is 4.79 Å². The van der Waals surface area contributed by atoms with Crippen LogP contribution in [0.1, 0.15) is 23.0 Å². The lowest BCUT2D eigenvalue weighted by Gasteiger charge is -2.11. The zero-order chi connectivity index (χ0) is 13.5. The molecule has 0 aliphatic carbocycles. The number of hydrogen-bond donors (Lipinski definition) is 2. The fourth-order valence-corrected chi connectivity index (χ4v) is 2.03. The van der Waals surface area contributed by atoms with Crippen LogP contribution in [0.25, 0.3) is 0 Å². The number of carboxylic acid groups (broad SMARTS) is 1. The van der Waals surface area contributed by atoms with Gasteiger partial charge in [0, 0.05) is 11.4 Å². The number of thiophene rings is 1. The standard InChI is InChI=1S/C12H15NO4S/c1-3-4-5-9(12(15)16)13-11(14)10-6-8(17-2)7-18-10/h3-4,6-7,9H,5H2,1-2H3,(H,13,14)(H,15,16)/b4-3+. The van der Waals surface area contributed by atoms with Crippen LogP contribution < -0.4 is 10.1 Å². The molecule has 6 heteroatoms. The predicted molar refractivity (Wildman–Crippen MR) is 69.2 cm³/mol. The molecule has 2 N–H and O–H groups in total. The van der Waals surface area contributed by atoms with Crippen LogP contribution in [0.15, 0.2) is 23.6 Å². The molecule has 98 valence electrons. The molecule has 1 rings (SSSR count). The molecule has 1 aromatic heterocycles. The number of amides is 1. The van der Waals surface area contributed by atoms with Crippen LogP contribution >= 0.6 is 11.3 Å². The maximum absolute atomic E-state index is 11.8. The molecule has 1 atom stereocenters. The minimum Gasteiger partial charge on any atom is -0.496 e. The number of rotatable bonds is 6. The number of ether oxygens (including phenoxy) is 1. The highest BCUT2D eigenvalue weighted by atomic mass is 32.1. The Balaban J connectivity index is 2.68. The molecule has 18 heavy (non-hydrogen) atoms. The molecule has 0 aliphatic heterocycles. The molecule has 0 fully saturated rings. The predicted octanol–water partition coefficient (Wildman–Crippen LogP) is 1.91. The van der Waals surface area contributed by atoms with Gasteiger partial charge < -0.3 is 15.2 Å². The highest BCUT2D eigenvalue weighted by Crippen LogP contribution is 2.21. The molecule has 1 heterocycles.